The van der Waals surface area contributed by atoms with Crippen molar-refractivity contribution in [1.29, 1.82) is 0 Å². The van der Waals surface area contributed by atoms with Gasteiger partial charge in [-0.1, -0.05) is 23.7 Å². The quantitative estimate of drug-likeness (QED) is 0.470. The summed E-state index contributed by atoms with van der Waals surface area (Å²) >= 11 is 6.03. The summed E-state index contributed by atoms with van der Waals surface area (Å²) < 4.78 is 24.8. The molecule has 2 heterocycles. The maximum Gasteiger partial charge on any atom is 0.161 e. The topological polar surface area (TPSA) is 78.2 Å². The number of ether oxygens (including phenoxy) is 4. The van der Waals surface area contributed by atoms with Crippen LogP contribution in [-0.2, 0) is 17.8 Å². The molecule has 0 radical (unpaired) electrons. The van der Waals surface area contributed by atoms with Crippen molar-refractivity contribution in [1.82, 2.24) is 14.7 Å². The Morgan fingerprint density at radius 1 is 1.15 bits per heavy atom. The summed E-state index contributed by atoms with van der Waals surface area (Å²) in [7, 11) is 1.63. The van der Waals surface area contributed by atoms with Gasteiger partial charge < -0.3 is 24.1 Å². The van der Waals surface area contributed by atoms with Gasteiger partial charge in [-0.05, 0) is 42.0 Å². The molecule has 0 bridgehead atoms. The van der Waals surface area contributed by atoms with Crippen LogP contribution in [0.2, 0.25) is 5.02 Å². The number of methoxy groups -OCH3 is 1. The highest BCUT2D eigenvalue weighted by Gasteiger charge is 2.33. The van der Waals surface area contributed by atoms with Gasteiger partial charge in [-0.25, -0.2) is 0 Å². The monoisotopic (exact) mass is 487 g/mol. The zero-order valence-corrected chi connectivity index (χ0v) is 20.0. The minimum atomic E-state index is -1.14. The predicted octanol–water partition coefficient (Wildman–Crippen LogP) is 3.27. The molecule has 1 saturated heterocycles. The normalized spacial score (nSPS) is 18.9. The van der Waals surface area contributed by atoms with E-state index < -0.39 is 5.60 Å². The van der Waals surface area contributed by atoms with Crippen molar-refractivity contribution < 1.29 is 24.1 Å². The first kappa shape index (κ1) is 24.3. The number of aliphatic hydroxyl groups is 1. The molecule has 0 amide bonds. The van der Waals surface area contributed by atoms with Gasteiger partial charge in [0, 0.05) is 37.1 Å². The Labute approximate surface area is 204 Å². The van der Waals surface area contributed by atoms with Gasteiger partial charge in [-0.15, -0.1) is 0 Å². The number of β-amino-alcohol motifs (C(OH)–C–C–N with tert-alkyl or cyclic N) is 1. The predicted molar refractivity (Wildman–Crippen MR) is 129 cm³/mol. The number of halogens is 1. The first-order valence-electron chi connectivity index (χ1n) is 11.2. The molecule has 3 aromatic rings. The minimum Gasteiger partial charge on any atom is -0.493 e. The van der Waals surface area contributed by atoms with Crippen molar-refractivity contribution in [2.45, 2.75) is 18.7 Å². The molecule has 0 aliphatic carbocycles. The lowest BCUT2D eigenvalue weighted by molar-refractivity contribution is -0.0646. The lowest BCUT2D eigenvalue weighted by Crippen LogP contribution is -2.48. The molecule has 0 unspecified atom stereocenters. The lowest BCUT2D eigenvalue weighted by Gasteiger charge is -2.30. The molecule has 182 valence electrons. The van der Waals surface area contributed by atoms with E-state index in [-0.39, 0.29) is 13.2 Å². The zero-order chi connectivity index (χ0) is 23.8. The van der Waals surface area contributed by atoms with Gasteiger partial charge in [0.05, 0.1) is 26.9 Å². The number of hydrogen-bond donors (Lipinski definition) is 1. The average Bonchev–Trinajstić information content (AvgIpc) is 3.28. The Balaban J connectivity index is 1.35. The molecule has 1 aromatic heterocycles. The molecule has 1 fully saturated rings. The van der Waals surface area contributed by atoms with Gasteiger partial charge in [0.1, 0.15) is 24.6 Å². The third kappa shape index (κ3) is 6.87. The Bertz CT molecular complexity index is 1050. The molecule has 8 nitrogen and oxygen atoms in total. The summed E-state index contributed by atoms with van der Waals surface area (Å²) in [5.41, 5.74) is -0.0883. The smallest absolute Gasteiger partial charge is 0.161 e. The Hall–Kier alpha value is -2.78. The molecule has 4 rings (SSSR count). The van der Waals surface area contributed by atoms with Crippen LogP contribution >= 0.6 is 11.6 Å². The first-order valence-corrected chi connectivity index (χ1v) is 11.6. The van der Waals surface area contributed by atoms with Crippen molar-refractivity contribution >= 4 is 11.6 Å². The summed E-state index contributed by atoms with van der Waals surface area (Å²) in [6, 6.07) is 14.9. The molecule has 0 spiro atoms. The minimum absolute atomic E-state index is 0.107. The number of nitrogens with zero attached hydrogens (tertiary/aromatic N) is 3. The molecule has 0 saturated carbocycles. The third-order valence-corrected chi connectivity index (χ3v) is 5.75. The van der Waals surface area contributed by atoms with Gasteiger partial charge >= 0.3 is 0 Å². The fourth-order valence-electron chi connectivity index (χ4n) is 3.86. The maximum atomic E-state index is 11.2. The Kier molecular flexibility index (Phi) is 8.29. The maximum absolute atomic E-state index is 11.2. The number of rotatable bonds is 10. The van der Waals surface area contributed by atoms with Crippen molar-refractivity contribution in [2.75, 3.05) is 46.6 Å². The van der Waals surface area contributed by atoms with Gasteiger partial charge in [0.2, 0.25) is 0 Å². The molecular formula is C25H30ClN3O5. The highest BCUT2D eigenvalue weighted by Crippen LogP contribution is 2.29. The van der Waals surface area contributed by atoms with Crippen molar-refractivity contribution in [3.63, 3.8) is 0 Å². The van der Waals surface area contributed by atoms with Crippen LogP contribution in [0.15, 0.2) is 60.9 Å². The summed E-state index contributed by atoms with van der Waals surface area (Å²) in [6.07, 6.45) is 3.64. The van der Waals surface area contributed by atoms with Crippen LogP contribution in [0.5, 0.6) is 17.2 Å². The van der Waals surface area contributed by atoms with E-state index in [1.165, 1.54) is 0 Å². The molecule has 9 heteroatoms. The summed E-state index contributed by atoms with van der Waals surface area (Å²) in [4.78, 5) is 2.15. The van der Waals surface area contributed by atoms with Crippen LogP contribution in [-0.4, -0.2) is 72.0 Å². The van der Waals surface area contributed by atoms with Gasteiger partial charge in [-0.3, -0.25) is 9.58 Å². The molecule has 1 N–H and O–H groups in total. The number of benzene rings is 2. The molecule has 1 aliphatic heterocycles. The van der Waals surface area contributed by atoms with E-state index in [4.69, 9.17) is 30.5 Å². The molecule has 2 aromatic carbocycles. The van der Waals surface area contributed by atoms with Crippen LogP contribution in [0, 0.1) is 0 Å². The molecular weight excluding hydrogens is 458 g/mol. The lowest BCUT2D eigenvalue weighted by atomic mass is 10.1. The second-order valence-corrected chi connectivity index (χ2v) is 8.77. The standard InChI is InChI=1S/C25H30ClN3O5/c1-31-24-14-20(6-7-23(24)33-13-11-29-9-3-8-27-29)16-28-10-12-32-18-25(30,17-28)19-34-22-5-2-4-21(26)15-22/h2-9,14-15,30H,10-13,16-19H2,1H3/t25-/m1/s1. The van der Waals surface area contributed by atoms with Crippen LogP contribution in [0.25, 0.3) is 0 Å². The largest absolute Gasteiger partial charge is 0.493 e. The highest BCUT2D eigenvalue weighted by molar-refractivity contribution is 6.30. The molecule has 1 atom stereocenters. The summed E-state index contributed by atoms with van der Waals surface area (Å²) in [6.45, 7) is 3.73. The summed E-state index contributed by atoms with van der Waals surface area (Å²) in [5, 5.41) is 15.9. The first-order chi connectivity index (χ1) is 16.5. The van der Waals surface area contributed by atoms with Crippen molar-refractivity contribution in [2.24, 2.45) is 0 Å². The van der Waals surface area contributed by atoms with Gasteiger partial charge in [-0.2, -0.15) is 5.10 Å². The van der Waals surface area contributed by atoms with Crippen molar-refractivity contribution in [3.8, 4) is 17.2 Å². The van der Waals surface area contributed by atoms with E-state index in [1.54, 1.807) is 25.4 Å². The fourth-order valence-corrected chi connectivity index (χ4v) is 4.04. The van der Waals surface area contributed by atoms with Crippen molar-refractivity contribution in [3.05, 3.63) is 71.5 Å². The van der Waals surface area contributed by atoms with E-state index in [1.807, 2.05) is 47.3 Å². The fraction of sp³-hybridized carbons (Fsp3) is 0.400. The van der Waals surface area contributed by atoms with Gasteiger partial charge in [0.15, 0.2) is 11.5 Å². The SMILES string of the molecule is COc1cc(CN2CCOC[C@@](O)(COc3cccc(Cl)c3)C2)ccc1OCCn1cccn1. The summed E-state index contributed by atoms with van der Waals surface area (Å²) in [5.74, 6) is 1.97. The zero-order valence-electron chi connectivity index (χ0n) is 19.2. The van der Waals surface area contributed by atoms with E-state index in [9.17, 15) is 5.11 Å². The van der Waals surface area contributed by atoms with E-state index in [2.05, 4.69) is 10.00 Å². The van der Waals surface area contributed by atoms with Crippen LogP contribution in [0.1, 0.15) is 5.56 Å². The second-order valence-electron chi connectivity index (χ2n) is 8.34. The third-order valence-electron chi connectivity index (χ3n) is 5.52. The van der Waals surface area contributed by atoms with Gasteiger partial charge in [0.25, 0.3) is 0 Å². The molecule has 34 heavy (non-hydrogen) atoms. The number of aromatic nitrogens is 2. The van der Waals surface area contributed by atoms with E-state index in [0.717, 1.165) is 5.56 Å². The van der Waals surface area contributed by atoms with E-state index in [0.29, 0.717) is 61.7 Å². The van der Waals surface area contributed by atoms with Crippen LogP contribution < -0.4 is 14.2 Å². The van der Waals surface area contributed by atoms with Crippen LogP contribution in [0.4, 0.5) is 0 Å². The molecule has 1 aliphatic rings. The van der Waals surface area contributed by atoms with E-state index >= 15 is 0 Å². The average molecular weight is 488 g/mol. The Morgan fingerprint density at radius 3 is 2.85 bits per heavy atom. The Morgan fingerprint density at radius 2 is 2.06 bits per heavy atom. The second kappa shape index (κ2) is 11.6. The number of hydrogen-bond acceptors (Lipinski definition) is 7. The van der Waals surface area contributed by atoms with Crippen LogP contribution in [0.3, 0.4) is 0 Å². The highest BCUT2D eigenvalue weighted by atomic mass is 35.5.